The van der Waals surface area contributed by atoms with Crippen LogP contribution in [0, 0.1) is 0 Å². The van der Waals surface area contributed by atoms with Crippen LogP contribution < -0.4 is 5.73 Å². The number of carbonyl (C=O) groups excluding carboxylic acids is 1. The Bertz CT molecular complexity index is 519. The van der Waals surface area contributed by atoms with Gasteiger partial charge in [0.2, 0.25) is 5.82 Å². The Morgan fingerprint density at radius 2 is 2.36 bits per heavy atom. The maximum atomic E-state index is 11.0. The fraction of sp³-hybridized carbons (Fsp3) is 0.125. The normalized spacial score (nSPS) is 10.7. The van der Waals surface area contributed by atoms with Crippen molar-refractivity contribution in [2.75, 3.05) is 0 Å². The summed E-state index contributed by atoms with van der Waals surface area (Å²) in [6.45, 7) is 0. The lowest BCUT2D eigenvalue weighted by molar-refractivity contribution is 0.0988. The van der Waals surface area contributed by atoms with E-state index in [0.29, 0.717) is 11.2 Å². The van der Waals surface area contributed by atoms with Crippen LogP contribution in [-0.4, -0.2) is 20.4 Å². The molecule has 0 aromatic carbocycles. The van der Waals surface area contributed by atoms with E-state index >= 15 is 0 Å². The third-order valence-corrected chi connectivity index (χ3v) is 2.33. The van der Waals surface area contributed by atoms with Gasteiger partial charge in [-0.1, -0.05) is 0 Å². The summed E-state index contributed by atoms with van der Waals surface area (Å²) in [6, 6.07) is 1.79. The highest BCUT2D eigenvalue weighted by Gasteiger charge is 2.12. The third-order valence-electron chi connectivity index (χ3n) is 1.90. The summed E-state index contributed by atoms with van der Waals surface area (Å²) in [4.78, 5) is 19.2. The van der Waals surface area contributed by atoms with Crippen molar-refractivity contribution in [1.29, 1.82) is 0 Å². The van der Waals surface area contributed by atoms with Crippen LogP contribution in [0.15, 0.2) is 16.7 Å². The molecule has 0 fully saturated rings. The van der Waals surface area contributed by atoms with Crippen molar-refractivity contribution in [2.45, 2.75) is 0 Å². The molecule has 0 aliphatic carbocycles. The van der Waals surface area contributed by atoms with Crippen LogP contribution in [-0.2, 0) is 7.05 Å². The molecular formula is C8H7BrN4O. The zero-order valence-corrected chi connectivity index (χ0v) is 8.95. The fourth-order valence-electron chi connectivity index (χ4n) is 1.27. The van der Waals surface area contributed by atoms with E-state index < -0.39 is 5.91 Å². The first kappa shape index (κ1) is 9.14. The lowest BCUT2D eigenvalue weighted by Crippen LogP contribution is -2.16. The highest BCUT2D eigenvalue weighted by Crippen LogP contribution is 2.16. The molecule has 5 nitrogen and oxygen atoms in total. The standard InChI is InChI=1S/C8H7BrN4O/c1-13-7-5(2-4(9)3-11-7)12-8(13)6(10)14/h2-3H,1H3,(H2,10,14). The van der Waals surface area contributed by atoms with E-state index in [1.807, 2.05) is 0 Å². The Labute approximate surface area is 88.1 Å². The predicted octanol–water partition coefficient (Wildman–Crippen LogP) is 0.830. The lowest BCUT2D eigenvalue weighted by Gasteiger charge is -1.95. The second kappa shape index (κ2) is 3.06. The smallest absolute Gasteiger partial charge is 0.284 e. The molecule has 0 saturated heterocycles. The molecule has 0 spiro atoms. The average Bonchev–Trinajstić information content (AvgIpc) is 2.43. The molecule has 0 aliphatic heterocycles. The quantitative estimate of drug-likeness (QED) is 0.820. The third kappa shape index (κ3) is 1.27. The summed E-state index contributed by atoms with van der Waals surface area (Å²) in [7, 11) is 1.70. The van der Waals surface area contributed by atoms with Crippen molar-refractivity contribution in [1.82, 2.24) is 14.5 Å². The molecule has 14 heavy (non-hydrogen) atoms. The fourth-order valence-corrected chi connectivity index (χ4v) is 1.59. The summed E-state index contributed by atoms with van der Waals surface area (Å²) in [5.74, 6) is -0.341. The van der Waals surface area contributed by atoms with Crippen molar-refractivity contribution >= 4 is 33.0 Å². The minimum atomic E-state index is -0.554. The maximum Gasteiger partial charge on any atom is 0.284 e. The SMILES string of the molecule is Cn1c(C(N)=O)nc2cc(Br)cnc21. The van der Waals surface area contributed by atoms with E-state index in [0.717, 1.165) is 4.47 Å². The number of aromatic nitrogens is 3. The second-order valence-corrected chi connectivity index (χ2v) is 3.77. The van der Waals surface area contributed by atoms with Gasteiger partial charge in [0.05, 0.1) is 0 Å². The maximum absolute atomic E-state index is 11.0. The van der Waals surface area contributed by atoms with Crippen molar-refractivity contribution in [3.05, 3.63) is 22.6 Å². The predicted molar refractivity (Wildman–Crippen MR) is 54.7 cm³/mol. The van der Waals surface area contributed by atoms with E-state index in [4.69, 9.17) is 5.73 Å². The molecule has 0 aliphatic rings. The van der Waals surface area contributed by atoms with Crippen molar-refractivity contribution < 1.29 is 4.79 Å². The Morgan fingerprint density at radius 1 is 1.64 bits per heavy atom. The monoisotopic (exact) mass is 254 g/mol. The zero-order chi connectivity index (χ0) is 10.3. The van der Waals surface area contributed by atoms with Crippen LogP contribution in [0.3, 0.4) is 0 Å². The molecule has 6 heteroatoms. The minimum absolute atomic E-state index is 0.214. The summed E-state index contributed by atoms with van der Waals surface area (Å²) >= 11 is 3.28. The first-order valence-electron chi connectivity index (χ1n) is 3.87. The van der Waals surface area contributed by atoms with Crippen molar-refractivity contribution in [3.63, 3.8) is 0 Å². The van der Waals surface area contributed by atoms with Crippen LogP contribution >= 0.6 is 15.9 Å². The van der Waals surface area contributed by atoms with E-state index in [2.05, 4.69) is 25.9 Å². The van der Waals surface area contributed by atoms with Gasteiger partial charge in [-0.3, -0.25) is 4.79 Å². The van der Waals surface area contributed by atoms with Gasteiger partial charge < -0.3 is 10.3 Å². The highest BCUT2D eigenvalue weighted by molar-refractivity contribution is 9.10. The number of hydrogen-bond donors (Lipinski definition) is 1. The Balaban J connectivity index is 2.79. The summed E-state index contributed by atoms with van der Waals surface area (Å²) < 4.78 is 2.39. The number of nitrogens with zero attached hydrogens (tertiary/aromatic N) is 3. The first-order chi connectivity index (χ1) is 6.59. The van der Waals surface area contributed by atoms with E-state index in [-0.39, 0.29) is 5.82 Å². The highest BCUT2D eigenvalue weighted by atomic mass is 79.9. The van der Waals surface area contributed by atoms with E-state index in [1.165, 1.54) is 0 Å². The summed E-state index contributed by atoms with van der Waals surface area (Å²) in [6.07, 6.45) is 1.65. The number of carbonyl (C=O) groups is 1. The van der Waals surface area contributed by atoms with Gasteiger partial charge in [0.25, 0.3) is 5.91 Å². The number of imidazole rings is 1. The zero-order valence-electron chi connectivity index (χ0n) is 7.36. The second-order valence-electron chi connectivity index (χ2n) is 2.85. The van der Waals surface area contributed by atoms with Crippen LogP contribution in [0.25, 0.3) is 11.2 Å². The van der Waals surface area contributed by atoms with Gasteiger partial charge in [0.1, 0.15) is 5.52 Å². The molecule has 1 amide bonds. The molecule has 0 unspecified atom stereocenters. The lowest BCUT2D eigenvalue weighted by atomic mass is 10.4. The van der Waals surface area contributed by atoms with Gasteiger partial charge in [-0.15, -0.1) is 0 Å². The average molecular weight is 255 g/mol. The van der Waals surface area contributed by atoms with E-state index in [1.54, 1.807) is 23.9 Å². The number of amides is 1. The molecule has 2 aromatic heterocycles. The molecular weight excluding hydrogens is 248 g/mol. The molecule has 0 atom stereocenters. The number of primary amides is 1. The summed E-state index contributed by atoms with van der Waals surface area (Å²) in [5, 5.41) is 0. The first-order valence-corrected chi connectivity index (χ1v) is 4.66. The Hall–Kier alpha value is -1.43. The largest absolute Gasteiger partial charge is 0.363 e. The summed E-state index contributed by atoms with van der Waals surface area (Å²) in [5.41, 5.74) is 6.44. The Morgan fingerprint density at radius 3 is 3.00 bits per heavy atom. The van der Waals surface area contributed by atoms with Crippen LogP contribution in [0.2, 0.25) is 0 Å². The molecule has 2 N–H and O–H groups in total. The van der Waals surface area contributed by atoms with Crippen molar-refractivity contribution in [2.24, 2.45) is 12.8 Å². The molecule has 2 rings (SSSR count). The van der Waals surface area contributed by atoms with Crippen molar-refractivity contribution in [3.8, 4) is 0 Å². The van der Waals surface area contributed by atoms with Crippen LogP contribution in [0.1, 0.15) is 10.6 Å². The van der Waals surface area contributed by atoms with Gasteiger partial charge in [-0.05, 0) is 22.0 Å². The number of nitrogens with two attached hydrogens (primary N) is 1. The van der Waals surface area contributed by atoms with Gasteiger partial charge >= 0.3 is 0 Å². The molecule has 0 bridgehead atoms. The van der Waals surface area contributed by atoms with Crippen LogP contribution in [0.5, 0.6) is 0 Å². The number of hydrogen-bond acceptors (Lipinski definition) is 3. The van der Waals surface area contributed by atoms with Crippen LogP contribution in [0.4, 0.5) is 0 Å². The molecule has 2 aromatic rings. The number of pyridine rings is 1. The molecule has 2 heterocycles. The number of rotatable bonds is 1. The Kier molecular flexibility index (Phi) is 1.99. The number of aryl methyl sites for hydroxylation is 1. The minimum Gasteiger partial charge on any atom is -0.363 e. The number of halogens is 1. The topological polar surface area (TPSA) is 73.8 Å². The molecule has 0 saturated carbocycles. The van der Waals surface area contributed by atoms with Gasteiger partial charge in [-0.2, -0.15) is 0 Å². The molecule has 0 radical (unpaired) electrons. The van der Waals surface area contributed by atoms with E-state index in [9.17, 15) is 4.79 Å². The number of fused-ring (bicyclic) bond motifs is 1. The van der Waals surface area contributed by atoms with Gasteiger partial charge in [0, 0.05) is 17.7 Å². The van der Waals surface area contributed by atoms with Gasteiger partial charge in [-0.25, -0.2) is 9.97 Å². The van der Waals surface area contributed by atoms with Gasteiger partial charge in [0.15, 0.2) is 5.65 Å². The molecule has 72 valence electrons.